The first kappa shape index (κ1) is 12.7. The van der Waals surface area contributed by atoms with E-state index in [9.17, 15) is 4.79 Å². The molecule has 0 aromatic heterocycles. The van der Waals surface area contributed by atoms with Crippen LogP contribution in [0, 0.1) is 6.92 Å². The number of benzene rings is 1. The molecule has 2 aliphatic rings. The summed E-state index contributed by atoms with van der Waals surface area (Å²) >= 11 is 0. The molecule has 0 radical (unpaired) electrons. The topological polar surface area (TPSA) is 23.6 Å². The smallest absolute Gasteiger partial charge is 0.152 e. The van der Waals surface area contributed by atoms with Gasteiger partial charge in [0.25, 0.3) is 0 Å². The van der Waals surface area contributed by atoms with Crippen LogP contribution in [0.2, 0.25) is 0 Å². The van der Waals surface area contributed by atoms with Crippen molar-refractivity contribution >= 4 is 12.0 Å². The van der Waals surface area contributed by atoms with Crippen molar-refractivity contribution < 1.29 is 4.79 Å². The fourth-order valence-electron chi connectivity index (χ4n) is 3.55. The third kappa shape index (κ3) is 2.27. The van der Waals surface area contributed by atoms with Gasteiger partial charge in [0.1, 0.15) is 0 Å². The normalized spacial score (nSPS) is 27.4. The summed E-state index contributed by atoms with van der Waals surface area (Å²) < 4.78 is 0. The van der Waals surface area contributed by atoms with Crippen LogP contribution in [0.15, 0.2) is 18.2 Å². The highest BCUT2D eigenvalue weighted by Crippen LogP contribution is 2.30. The maximum atomic E-state index is 11.3. The summed E-state index contributed by atoms with van der Waals surface area (Å²) in [5, 5.41) is 0. The molecule has 2 heterocycles. The van der Waals surface area contributed by atoms with Crippen LogP contribution in [0.25, 0.3) is 0 Å². The molecule has 19 heavy (non-hydrogen) atoms. The number of anilines is 1. The first-order valence-electron chi connectivity index (χ1n) is 7.25. The van der Waals surface area contributed by atoms with E-state index in [1.807, 2.05) is 13.0 Å². The molecule has 0 saturated carbocycles. The molecule has 3 nitrogen and oxygen atoms in total. The number of hydrogen-bond acceptors (Lipinski definition) is 3. The van der Waals surface area contributed by atoms with E-state index in [0.29, 0.717) is 12.1 Å². The van der Waals surface area contributed by atoms with Gasteiger partial charge in [0.05, 0.1) is 0 Å². The van der Waals surface area contributed by atoms with E-state index in [0.717, 1.165) is 36.2 Å². The third-order valence-corrected chi connectivity index (χ3v) is 4.56. The standard InChI is InChI=1S/C16H22N2O/c1-12-5-6-16(14(8-12)11-19)18-10-15-4-3-7-17(15)9-13(18)2/h5-6,8,11,13,15H,3-4,7,9-10H2,1-2H3. The molecule has 102 valence electrons. The number of aldehydes is 1. The molecular weight excluding hydrogens is 236 g/mol. The van der Waals surface area contributed by atoms with E-state index in [1.165, 1.54) is 19.4 Å². The SMILES string of the molecule is Cc1ccc(N2CC3CCCN3CC2C)c(C=O)c1. The second kappa shape index (κ2) is 4.97. The minimum atomic E-state index is 0.482. The molecule has 0 bridgehead atoms. The summed E-state index contributed by atoms with van der Waals surface area (Å²) in [5.74, 6) is 0. The van der Waals surface area contributed by atoms with E-state index < -0.39 is 0 Å². The first-order chi connectivity index (χ1) is 9.19. The Morgan fingerprint density at radius 1 is 1.32 bits per heavy atom. The predicted molar refractivity (Wildman–Crippen MR) is 78.0 cm³/mol. The second-order valence-corrected chi connectivity index (χ2v) is 5.97. The molecule has 3 rings (SSSR count). The molecule has 1 aromatic carbocycles. The van der Waals surface area contributed by atoms with Crippen molar-refractivity contribution in [3.05, 3.63) is 29.3 Å². The fourth-order valence-corrected chi connectivity index (χ4v) is 3.55. The van der Waals surface area contributed by atoms with E-state index in [-0.39, 0.29) is 0 Å². The van der Waals surface area contributed by atoms with Crippen molar-refractivity contribution in [1.82, 2.24) is 4.90 Å². The quantitative estimate of drug-likeness (QED) is 0.761. The van der Waals surface area contributed by atoms with Gasteiger partial charge in [0.2, 0.25) is 0 Å². The Hall–Kier alpha value is -1.35. The van der Waals surface area contributed by atoms with E-state index in [1.54, 1.807) is 0 Å². The number of fused-ring (bicyclic) bond motifs is 1. The maximum Gasteiger partial charge on any atom is 0.152 e. The molecule has 0 spiro atoms. The average molecular weight is 258 g/mol. The summed E-state index contributed by atoms with van der Waals surface area (Å²) in [6, 6.07) is 7.37. The molecule has 2 saturated heterocycles. The van der Waals surface area contributed by atoms with Gasteiger partial charge in [-0.1, -0.05) is 11.6 Å². The number of rotatable bonds is 2. The highest BCUT2D eigenvalue weighted by atomic mass is 16.1. The zero-order valence-corrected chi connectivity index (χ0v) is 11.8. The molecule has 0 amide bonds. The van der Waals surface area contributed by atoms with Crippen LogP contribution in [-0.4, -0.2) is 42.9 Å². The molecule has 0 aliphatic carbocycles. The summed E-state index contributed by atoms with van der Waals surface area (Å²) in [4.78, 5) is 16.4. The van der Waals surface area contributed by atoms with E-state index in [2.05, 4.69) is 28.9 Å². The lowest BCUT2D eigenvalue weighted by Gasteiger charge is -2.44. The maximum absolute atomic E-state index is 11.3. The van der Waals surface area contributed by atoms with Gasteiger partial charge in [-0.15, -0.1) is 0 Å². The van der Waals surface area contributed by atoms with Gasteiger partial charge in [-0.3, -0.25) is 9.69 Å². The van der Waals surface area contributed by atoms with Crippen molar-refractivity contribution in [1.29, 1.82) is 0 Å². The highest BCUT2D eigenvalue weighted by Gasteiger charge is 2.34. The molecule has 3 heteroatoms. The van der Waals surface area contributed by atoms with Crippen LogP contribution in [0.5, 0.6) is 0 Å². The third-order valence-electron chi connectivity index (χ3n) is 4.56. The van der Waals surface area contributed by atoms with E-state index >= 15 is 0 Å². The monoisotopic (exact) mass is 258 g/mol. The summed E-state index contributed by atoms with van der Waals surface area (Å²) in [7, 11) is 0. The van der Waals surface area contributed by atoms with Gasteiger partial charge in [-0.2, -0.15) is 0 Å². The zero-order chi connectivity index (χ0) is 13.4. The number of carbonyl (C=O) groups is 1. The summed E-state index contributed by atoms with van der Waals surface area (Å²) in [5.41, 5.74) is 3.09. The lowest BCUT2D eigenvalue weighted by atomic mass is 10.0. The minimum absolute atomic E-state index is 0.482. The number of nitrogens with zero attached hydrogens (tertiary/aromatic N) is 2. The van der Waals surface area contributed by atoms with Crippen LogP contribution in [0.1, 0.15) is 35.7 Å². The molecule has 1 aromatic rings. The van der Waals surface area contributed by atoms with Gasteiger partial charge < -0.3 is 4.90 Å². The summed E-state index contributed by atoms with van der Waals surface area (Å²) in [6.07, 6.45) is 3.61. The van der Waals surface area contributed by atoms with Crippen LogP contribution in [-0.2, 0) is 0 Å². The number of carbonyl (C=O) groups excluding carboxylic acids is 1. The Balaban J connectivity index is 1.90. The second-order valence-electron chi connectivity index (χ2n) is 5.97. The van der Waals surface area contributed by atoms with Crippen molar-refractivity contribution in [3.8, 4) is 0 Å². The lowest BCUT2D eigenvalue weighted by Crippen LogP contribution is -2.55. The Morgan fingerprint density at radius 3 is 2.95 bits per heavy atom. The number of hydrogen-bond donors (Lipinski definition) is 0. The predicted octanol–water partition coefficient (Wildman–Crippen LogP) is 2.48. The van der Waals surface area contributed by atoms with Crippen LogP contribution in [0.3, 0.4) is 0 Å². The Labute approximate surface area is 115 Å². The fraction of sp³-hybridized carbons (Fsp3) is 0.562. The largest absolute Gasteiger partial charge is 0.365 e. The number of piperazine rings is 1. The molecule has 2 unspecified atom stereocenters. The molecule has 2 aliphatic heterocycles. The lowest BCUT2D eigenvalue weighted by molar-refractivity contribution is 0.112. The van der Waals surface area contributed by atoms with Crippen LogP contribution < -0.4 is 4.90 Å². The van der Waals surface area contributed by atoms with Crippen molar-refractivity contribution in [2.24, 2.45) is 0 Å². The average Bonchev–Trinajstić information content (AvgIpc) is 2.85. The van der Waals surface area contributed by atoms with Gasteiger partial charge in [0, 0.05) is 36.4 Å². The highest BCUT2D eigenvalue weighted by molar-refractivity contribution is 5.85. The zero-order valence-electron chi connectivity index (χ0n) is 11.8. The van der Waals surface area contributed by atoms with Crippen LogP contribution >= 0.6 is 0 Å². The molecule has 2 fully saturated rings. The van der Waals surface area contributed by atoms with Gasteiger partial charge in [0.15, 0.2) is 6.29 Å². The summed E-state index contributed by atoms with van der Waals surface area (Å²) in [6.45, 7) is 7.73. The van der Waals surface area contributed by atoms with Crippen molar-refractivity contribution in [3.63, 3.8) is 0 Å². The van der Waals surface area contributed by atoms with Gasteiger partial charge in [-0.05, 0) is 45.4 Å². The Morgan fingerprint density at radius 2 is 2.16 bits per heavy atom. The van der Waals surface area contributed by atoms with Gasteiger partial charge >= 0.3 is 0 Å². The Bertz CT molecular complexity index is 486. The van der Waals surface area contributed by atoms with Crippen LogP contribution in [0.4, 0.5) is 5.69 Å². The van der Waals surface area contributed by atoms with Gasteiger partial charge in [-0.25, -0.2) is 0 Å². The minimum Gasteiger partial charge on any atom is -0.365 e. The van der Waals surface area contributed by atoms with Crippen molar-refractivity contribution in [2.75, 3.05) is 24.5 Å². The van der Waals surface area contributed by atoms with E-state index in [4.69, 9.17) is 0 Å². The molecule has 0 N–H and O–H groups in total. The molecular formula is C16H22N2O. The Kier molecular flexibility index (Phi) is 3.31. The molecule has 2 atom stereocenters. The first-order valence-corrected chi connectivity index (χ1v) is 7.25. The number of aryl methyl sites for hydroxylation is 1. The van der Waals surface area contributed by atoms with Crippen molar-refractivity contribution in [2.45, 2.75) is 38.8 Å².